The Hall–Kier alpha value is -1.98. The lowest BCUT2D eigenvalue weighted by molar-refractivity contribution is -0.121. The molecule has 1 atom stereocenters. The average molecular weight is 345 g/mol. The topological polar surface area (TPSA) is 58.6 Å². The highest BCUT2D eigenvalue weighted by Crippen LogP contribution is 2.18. The maximum atomic E-state index is 11.9. The van der Waals surface area contributed by atoms with Gasteiger partial charge in [0.2, 0.25) is 5.91 Å². The average Bonchev–Trinajstić information content (AvgIpc) is 2.64. The van der Waals surface area contributed by atoms with Crippen molar-refractivity contribution < 1.29 is 14.6 Å². The van der Waals surface area contributed by atoms with Crippen LogP contribution in [0, 0.1) is 0 Å². The number of ether oxygens (including phenoxy) is 1. The molecule has 1 unspecified atom stereocenters. The molecule has 2 aromatic rings. The lowest BCUT2D eigenvalue weighted by Gasteiger charge is -2.13. The number of methoxy groups -OCH3 is 1. The van der Waals surface area contributed by atoms with Gasteiger partial charge >= 0.3 is 0 Å². The third kappa shape index (κ3) is 5.58. The smallest absolute Gasteiger partial charge is 0.220 e. The Bertz CT molecular complexity index is 641. The first-order chi connectivity index (χ1) is 11.6. The van der Waals surface area contributed by atoms with Crippen molar-refractivity contribution in [2.75, 3.05) is 19.9 Å². The van der Waals surface area contributed by atoms with Gasteiger partial charge in [-0.1, -0.05) is 24.3 Å². The zero-order chi connectivity index (χ0) is 17.4. The number of aliphatic hydroxyl groups is 1. The lowest BCUT2D eigenvalue weighted by Crippen LogP contribution is -2.28. The maximum absolute atomic E-state index is 11.9. The fraction of sp³-hybridized carbons (Fsp3) is 0.316. The summed E-state index contributed by atoms with van der Waals surface area (Å²) in [4.78, 5) is 13.1. The van der Waals surface area contributed by atoms with Gasteiger partial charge < -0.3 is 15.2 Å². The minimum atomic E-state index is -0.689. The molecule has 0 saturated carbocycles. The van der Waals surface area contributed by atoms with E-state index >= 15 is 0 Å². The standard InChI is InChI=1S/C19H23NO3S/c1-23-16-8-3-14(4-9-16)5-12-19(22)20-13-18(21)15-6-10-17(24-2)11-7-15/h3-4,6-11,18,21H,5,12-13H2,1-2H3,(H,20,22). The number of benzene rings is 2. The van der Waals surface area contributed by atoms with Crippen LogP contribution < -0.4 is 10.1 Å². The molecule has 2 rings (SSSR count). The summed E-state index contributed by atoms with van der Waals surface area (Å²) in [5.41, 5.74) is 1.89. The van der Waals surface area contributed by atoms with Gasteiger partial charge in [0, 0.05) is 17.9 Å². The number of carbonyl (C=O) groups excluding carboxylic acids is 1. The third-order valence-electron chi connectivity index (χ3n) is 3.79. The molecular formula is C19H23NO3S. The van der Waals surface area contributed by atoms with Gasteiger partial charge in [0.1, 0.15) is 5.75 Å². The number of rotatable bonds is 8. The first-order valence-corrected chi connectivity index (χ1v) is 9.06. The van der Waals surface area contributed by atoms with Gasteiger partial charge in [-0.3, -0.25) is 4.79 Å². The van der Waals surface area contributed by atoms with Crippen LogP contribution in [0.25, 0.3) is 0 Å². The Morgan fingerprint density at radius 2 is 1.83 bits per heavy atom. The molecule has 5 heteroatoms. The molecule has 0 saturated heterocycles. The zero-order valence-electron chi connectivity index (χ0n) is 14.0. The van der Waals surface area contributed by atoms with Gasteiger partial charge in [0.05, 0.1) is 13.2 Å². The SMILES string of the molecule is COc1ccc(CCC(=O)NCC(O)c2ccc(SC)cc2)cc1. The van der Waals surface area contributed by atoms with Crippen molar-refractivity contribution in [3.8, 4) is 5.75 Å². The van der Waals surface area contributed by atoms with Crippen molar-refractivity contribution in [1.82, 2.24) is 5.32 Å². The summed E-state index contributed by atoms with van der Waals surface area (Å²) in [6.07, 6.45) is 2.37. The van der Waals surface area contributed by atoms with Crippen LogP contribution in [0.5, 0.6) is 5.75 Å². The molecule has 24 heavy (non-hydrogen) atoms. The van der Waals surface area contributed by atoms with E-state index in [4.69, 9.17) is 4.74 Å². The minimum Gasteiger partial charge on any atom is -0.497 e. The second kappa shape index (κ2) is 9.35. The van der Waals surface area contributed by atoms with Crippen molar-refractivity contribution in [3.63, 3.8) is 0 Å². The van der Waals surface area contributed by atoms with Crippen LogP contribution in [0.4, 0.5) is 0 Å². The highest BCUT2D eigenvalue weighted by molar-refractivity contribution is 7.98. The van der Waals surface area contributed by atoms with E-state index < -0.39 is 6.10 Å². The molecule has 0 heterocycles. The molecule has 0 aliphatic heterocycles. The first-order valence-electron chi connectivity index (χ1n) is 7.84. The summed E-state index contributed by atoms with van der Waals surface area (Å²) in [6.45, 7) is 0.222. The summed E-state index contributed by atoms with van der Waals surface area (Å²) in [7, 11) is 1.63. The maximum Gasteiger partial charge on any atom is 0.220 e. The van der Waals surface area contributed by atoms with Gasteiger partial charge in [-0.25, -0.2) is 0 Å². The van der Waals surface area contributed by atoms with Crippen molar-refractivity contribution in [1.29, 1.82) is 0 Å². The molecule has 0 aliphatic rings. The van der Waals surface area contributed by atoms with Crippen LogP contribution >= 0.6 is 11.8 Å². The molecule has 0 fully saturated rings. The van der Waals surface area contributed by atoms with Crippen LogP contribution in [0.1, 0.15) is 23.7 Å². The Morgan fingerprint density at radius 1 is 1.17 bits per heavy atom. The largest absolute Gasteiger partial charge is 0.497 e. The third-order valence-corrected chi connectivity index (χ3v) is 4.54. The second-order valence-electron chi connectivity index (χ2n) is 5.44. The van der Waals surface area contributed by atoms with Crippen LogP contribution in [0.2, 0.25) is 0 Å². The fourth-order valence-corrected chi connectivity index (χ4v) is 2.70. The monoisotopic (exact) mass is 345 g/mol. The molecule has 4 nitrogen and oxygen atoms in total. The van der Waals surface area contributed by atoms with Crippen molar-refractivity contribution in [2.24, 2.45) is 0 Å². The number of amides is 1. The van der Waals surface area contributed by atoms with Gasteiger partial charge in [0.25, 0.3) is 0 Å². The number of carbonyl (C=O) groups is 1. The van der Waals surface area contributed by atoms with E-state index in [-0.39, 0.29) is 12.5 Å². The molecule has 0 spiro atoms. The molecule has 2 aromatic carbocycles. The van der Waals surface area contributed by atoms with Gasteiger partial charge in [-0.15, -0.1) is 11.8 Å². The van der Waals surface area contributed by atoms with Gasteiger partial charge in [-0.05, 0) is 48.1 Å². The normalized spacial score (nSPS) is 11.8. The summed E-state index contributed by atoms with van der Waals surface area (Å²) in [5.74, 6) is 0.740. The number of hydrogen-bond acceptors (Lipinski definition) is 4. The van der Waals surface area contributed by atoms with Crippen molar-refractivity contribution in [2.45, 2.75) is 23.8 Å². The van der Waals surface area contributed by atoms with Crippen LogP contribution in [0.3, 0.4) is 0 Å². The summed E-state index contributed by atoms with van der Waals surface area (Å²) in [5, 5.41) is 12.9. The van der Waals surface area contributed by atoms with E-state index in [1.54, 1.807) is 18.9 Å². The predicted octanol–water partition coefficient (Wildman–Crippen LogP) is 3.20. The molecule has 0 aliphatic carbocycles. The number of nitrogens with one attached hydrogen (secondary N) is 1. The molecule has 1 amide bonds. The Balaban J connectivity index is 1.75. The van der Waals surface area contributed by atoms with E-state index in [2.05, 4.69) is 5.32 Å². The number of hydrogen-bond donors (Lipinski definition) is 2. The van der Waals surface area contributed by atoms with Crippen molar-refractivity contribution in [3.05, 3.63) is 59.7 Å². The second-order valence-corrected chi connectivity index (χ2v) is 6.32. The van der Waals surface area contributed by atoms with E-state index in [0.717, 1.165) is 21.8 Å². The highest BCUT2D eigenvalue weighted by atomic mass is 32.2. The summed E-state index contributed by atoms with van der Waals surface area (Å²) < 4.78 is 5.11. The quantitative estimate of drug-likeness (QED) is 0.722. The first kappa shape index (κ1) is 18.4. The summed E-state index contributed by atoms with van der Waals surface area (Å²) in [6, 6.07) is 15.4. The number of aliphatic hydroxyl groups excluding tert-OH is 1. The lowest BCUT2D eigenvalue weighted by atomic mass is 10.1. The highest BCUT2D eigenvalue weighted by Gasteiger charge is 2.09. The molecule has 0 bridgehead atoms. The molecule has 0 aromatic heterocycles. The number of thioether (sulfide) groups is 1. The summed E-state index contributed by atoms with van der Waals surface area (Å²) >= 11 is 1.65. The Morgan fingerprint density at radius 3 is 2.42 bits per heavy atom. The molecular weight excluding hydrogens is 322 g/mol. The van der Waals surface area contributed by atoms with Crippen molar-refractivity contribution >= 4 is 17.7 Å². The van der Waals surface area contributed by atoms with E-state index in [9.17, 15) is 9.90 Å². The van der Waals surface area contributed by atoms with E-state index in [1.807, 2.05) is 54.8 Å². The van der Waals surface area contributed by atoms with Gasteiger partial charge in [-0.2, -0.15) is 0 Å². The van der Waals surface area contributed by atoms with Gasteiger partial charge in [0.15, 0.2) is 0 Å². The van der Waals surface area contributed by atoms with Crippen LogP contribution in [-0.4, -0.2) is 30.9 Å². The fourth-order valence-electron chi connectivity index (χ4n) is 2.29. The molecule has 0 radical (unpaired) electrons. The predicted molar refractivity (Wildman–Crippen MR) is 97.5 cm³/mol. The zero-order valence-corrected chi connectivity index (χ0v) is 14.8. The van der Waals surface area contributed by atoms with Crippen LogP contribution in [-0.2, 0) is 11.2 Å². The Labute approximate surface area is 147 Å². The molecule has 128 valence electrons. The Kier molecular flexibility index (Phi) is 7.15. The minimum absolute atomic E-state index is 0.0643. The number of aryl methyl sites for hydroxylation is 1. The van der Waals surface area contributed by atoms with E-state index in [0.29, 0.717) is 12.8 Å². The van der Waals surface area contributed by atoms with Crippen LogP contribution in [0.15, 0.2) is 53.4 Å². The van der Waals surface area contributed by atoms with E-state index in [1.165, 1.54) is 0 Å². The molecule has 2 N–H and O–H groups in total.